The zero-order valence-corrected chi connectivity index (χ0v) is 12.2. The lowest BCUT2D eigenvalue weighted by atomic mass is 9.91. The molecule has 0 atom stereocenters. The number of hydrogen-bond donors (Lipinski definition) is 1. The van der Waals surface area contributed by atoms with Crippen LogP contribution in [0.1, 0.15) is 41.7 Å². The second-order valence-corrected chi connectivity index (χ2v) is 6.47. The first-order valence-corrected chi connectivity index (χ1v) is 6.78. The fourth-order valence-corrected chi connectivity index (χ4v) is 2.82. The van der Waals surface area contributed by atoms with Gasteiger partial charge in [-0.2, -0.15) is 0 Å². The molecule has 4 nitrogen and oxygen atoms in total. The maximum Gasteiger partial charge on any atom is 0.347 e. The van der Waals surface area contributed by atoms with Crippen molar-refractivity contribution >= 4 is 17.3 Å². The summed E-state index contributed by atoms with van der Waals surface area (Å²) >= 11 is 1.18. The van der Waals surface area contributed by atoms with Gasteiger partial charge in [-0.1, -0.05) is 20.8 Å². The third-order valence-electron chi connectivity index (χ3n) is 2.67. The Kier molecular flexibility index (Phi) is 3.41. The normalized spacial score (nSPS) is 11.6. The van der Waals surface area contributed by atoms with E-state index in [-0.39, 0.29) is 5.41 Å². The minimum Gasteiger partial charge on any atom is -0.477 e. The van der Waals surface area contributed by atoms with Gasteiger partial charge >= 0.3 is 5.97 Å². The van der Waals surface area contributed by atoms with E-state index in [9.17, 15) is 9.90 Å². The highest BCUT2D eigenvalue weighted by Crippen LogP contribution is 2.33. The Balaban J connectivity index is 2.58. The molecule has 0 amide bonds. The van der Waals surface area contributed by atoms with Gasteiger partial charge in [-0.25, -0.2) is 9.78 Å². The Hall–Kier alpha value is -1.75. The van der Waals surface area contributed by atoms with Crippen molar-refractivity contribution < 1.29 is 9.90 Å². The van der Waals surface area contributed by atoms with Crippen LogP contribution in [0, 0.1) is 6.92 Å². The number of aromatic nitrogens is 2. The van der Waals surface area contributed by atoms with Crippen LogP contribution in [0.3, 0.4) is 0 Å². The van der Waals surface area contributed by atoms with Gasteiger partial charge in [0.2, 0.25) is 0 Å². The number of nitrogens with zero attached hydrogens (tertiary/aromatic N) is 2. The third-order valence-corrected chi connectivity index (χ3v) is 3.73. The summed E-state index contributed by atoms with van der Waals surface area (Å²) in [6.45, 7) is 7.85. The standard InChI is InChI=1S/C14H16N2O2S/c1-8-5-6-15-9(7-8)12-16-11(14(2,3)4)10(19-12)13(17)18/h5-7H,1-4H3,(H,17,18). The Bertz CT molecular complexity index is 627. The molecule has 0 aliphatic carbocycles. The fourth-order valence-electron chi connectivity index (χ4n) is 1.74. The number of pyridine rings is 1. The Morgan fingerprint density at radius 1 is 1.37 bits per heavy atom. The van der Waals surface area contributed by atoms with Gasteiger partial charge in [0.05, 0.1) is 11.4 Å². The molecule has 2 aromatic rings. The van der Waals surface area contributed by atoms with E-state index in [1.807, 2.05) is 39.8 Å². The minimum absolute atomic E-state index is 0.297. The van der Waals surface area contributed by atoms with Crippen LogP contribution in [0.15, 0.2) is 18.3 Å². The van der Waals surface area contributed by atoms with E-state index in [0.717, 1.165) is 11.3 Å². The summed E-state index contributed by atoms with van der Waals surface area (Å²) in [6, 6.07) is 3.82. The minimum atomic E-state index is -0.929. The molecule has 2 aromatic heterocycles. The van der Waals surface area contributed by atoms with Crippen molar-refractivity contribution in [1.82, 2.24) is 9.97 Å². The van der Waals surface area contributed by atoms with Gasteiger partial charge in [0.15, 0.2) is 0 Å². The molecule has 0 radical (unpaired) electrons. The smallest absolute Gasteiger partial charge is 0.347 e. The first kappa shape index (κ1) is 13.7. The quantitative estimate of drug-likeness (QED) is 0.911. The Labute approximate surface area is 116 Å². The van der Waals surface area contributed by atoms with E-state index in [0.29, 0.717) is 15.6 Å². The lowest BCUT2D eigenvalue weighted by Gasteiger charge is -2.15. The number of thiazole rings is 1. The van der Waals surface area contributed by atoms with Crippen molar-refractivity contribution in [2.45, 2.75) is 33.1 Å². The summed E-state index contributed by atoms with van der Waals surface area (Å²) in [5.41, 5.74) is 2.12. The van der Waals surface area contributed by atoms with E-state index in [1.54, 1.807) is 6.20 Å². The topological polar surface area (TPSA) is 63.1 Å². The van der Waals surface area contributed by atoms with E-state index < -0.39 is 5.97 Å². The maximum atomic E-state index is 11.3. The molecule has 0 spiro atoms. The summed E-state index contributed by atoms with van der Waals surface area (Å²) in [5, 5.41) is 9.95. The number of aromatic carboxylic acids is 1. The SMILES string of the molecule is Cc1ccnc(-c2nc(C(C)(C)C)c(C(=O)O)s2)c1. The van der Waals surface area contributed by atoms with Crippen molar-refractivity contribution in [2.24, 2.45) is 0 Å². The molecule has 0 saturated carbocycles. The van der Waals surface area contributed by atoms with Gasteiger partial charge in [0.1, 0.15) is 9.88 Å². The largest absolute Gasteiger partial charge is 0.477 e. The van der Waals surface area contributed by atoms with Crippen molar-refractivity contribution in [2.75, 3.05) is 0 Å². The molecule has 0 bridgehead atoms. The molecule has 0 unspecified atom stereocenters. The predicted octanol–water partition coefficient (Wildman–Crippen LogP) is 3.51. The highest BCUT2D eigenvalue weighted by Gasteiger charge is 2.27. The zero-order chi connectivity index (χ0) is 14.2. The summed E-state index contributed by atoms with van der Waals surface area (Å²) < 4.78 is 0. The van der Waals surface area contributed by atoms with Gasteiger partial charge in [-0.15, -0.1) is 11.3 Å². The van der Waals surface area contributed by atoms with Gasteiger partial charge < -0.3 is 5.11 Å². The summed E-state index contributed by atoms with van der Waals surface area (Å²) in [7, 11) is 0. The van der Waals surface area contributed by atoms with Crippen LogP contribution in [-0.2, 0) is 5.41 Å². The Morgan fingerprint density at radius 3 is 2.53 bits per heavy atom. The first-order valence-electron chi connectivity index (χ1n) is 5.96. The summed E-state index contributed by atoms with van der Waals surface area (Å²) in [6.07, 6.45) is 1.71. The van der Waals surface area contributed by atoms with Gasteiger partial charge in [-0.05, 0) is 24.6 Å². The average molecular weight is 276 g/mol. The van der Waals surface area contributed by atoms with Crippen molar-refractivity contribution in [3.63, 3.8) is 0 Å². The van der Waals surface area contributed by atoms with Gasteiger partial charge in [0, 0.05) is 11.6 Å². The molecule has 2 rings (SSSR count). The molecule has 19 heavy (non-hydrogen) atoms. The van der Waals surface area contributed by atoms with Crippen molar-refractivity contribution in [3.8, 4) is 10.7 Å². The highest BCUT2D eigenvalue weighted by atomic mass is 32.1. The molecule has 100 valence electrons. The van der Waals surface area contributed by atoms with Crippen LogP contribution in [0.2, 0.25) is 0 Å². The highest BCUT2D eigenvalue weighted by molar-refractivity contribution is 7.17. The van der Waals surface area contributed by atoms with Crippen LogP contribution in [-0.4, -0.2) is 21.0 Å². The predicted molar refractivity (Wildman–Crippen MR) is 75.7 cm³/mol. The van der Waals surface area contributed by atoms with Gasteiger partial charge in [0.25, 0.3) is 0 Å². The second kappa shape index (κ2) is 4.74. The number of hydrogen-bond acceptors (Lipinski definition) is 4. The molecule has 0 aliphatic heterocycles. The van der Waals surface area contributed by atoms with E-state index in [4.69, 9.17) is 0 Å². The average Bonchev–Trinajstić information content (AvgIpc) is 2.73. The lowest BCUT2D eigenvalue weighted by molar-refractivity contribution is 0.0699. The van der Waals surface area contributed by atoms with Crippen LogP contribution >= 0.6 is 11.3 Å². The first-order chi connectivity index (χ1) is 8.79. The van der Waals surface area contributed by atoms with Crippen LogP contribution in [0.4, 0.5) is 0 Å². The maximum absolute atomic E-state index is 11.3. The van der Waals surface area contributed by atoms with Crippen LogP contribution in [0.5, 0.6) is 0 Å². The molecule has 0 aliphatic rings. The molecular weight excluding hydrogens is 260 g/mol. The van der Waals surface area contributed by atoms with Gasteiger partial charge in [-0.3, -0.25) is 4.98 Å². The summed E-state index contributed by atoms with van der Waals surface area (Å²) in [4.78, 5) is 20.4. The number of carbonyl (C=O) groups is 1. The monoisotopic (exact) mass is 276 g/mol. The zero-order valence-electron chi connectivity index (χ0n) is 11.4. The fraction of sp³-hybridized carbons (Fsp3) is 0.357. The van der Waals surface area contributed by atoms with Crippen molar-refractivity contribution in [3.05, 3.63) is 34.5 Å². The second-order valence-electron chi connectivity index (χ2n) is 5.47. The third kappa shape index (κ3) is 2.81. The molecule has 5 heteroatoms. The number of aryl methyl sites for hydroxylation is 1. The van der Waals surface area contributed by atoms with E-state index >= 15 is 0 Å². The molecule has 1 N–H and O–H groups in total. The van der Waals surface area contributed by atoms with Crippen LogP contribution in [0.25, 0.3) is 10.7 Å². The Morgan fingerprint density at radius 2 is 2.05 bits per heavy atom. The molecule has 0 saturated heterocycles. The number of carboxylic acid groups (broad SMARTS) is 1. The van der Waals surface area contributed by atoms with E-state index in [1.165, 1.54) is 11.3 Å². The summed E-state index contributed by atoms with van der Waals surface area (Å²) in [5.74, 6) is -0.929. The molecule has 0 aromatic carbocycles. The molecule has 0 fully saturated rings. The van der Waals surface area contributed by atoms with Crippen molar-refractivity contribution in [1.29, 1.82) is 0 Å². The number of carboxylic acids is 1. The molecular formula is C14H16N2O2S. The lowest BCUT2D eigenvalue weighted by Crippen LogP contribution is -2.16. The van der Waals surface area contributed by atoms with Crippen LogP contribution < -0.4 is 0 Å². The molecule has 2 heterocycles. The number of rotatable bonds is 2. The van der Waals surface area contributed by atoms with E-state index in [2.05, 4.69) is 9.97 Å².